The number of benzene rings is 1. The van der Waals surface area contributed by atoms with Crippen LogP contribution < -0.4 is 5.73 Å². The summed E-state index contributed by atoms with van der Waals surface area (Å²) in [5.41, 5.74) is 8.24. The van der Waals surface area contributed by atoms with Gasteiger partial charge in [-0.05, 0) is 18.6 Å². The van der Waals surface area contributed by atoms with Crippen molar-refractivity contribution in [1.82, 2.24) is 9.78 Å². The van der Waals surface area contributed by atoms with Crippen LogP contribution in [0, 0.1) is 6.92 Å². The lowest BCUT2D eigenvalue weighted by molar-refractivity contribution is 0.532. The molecule has 0 aliphatic heterocycles. The summed E-state index contributed by atoms with van der Waals surface area (Å²) in [6.07, 6.45) is 3.72. The van der Waals surface area contributed by atoms with E-state index in [9.17, 15) is 0 Å². The zero-order chi connectivity index (χ0) is 10.7. The molecule has 0 saturated carbocycles. The smallest absolute Gasteiger partial charge is 0.0890 e. The summed E-state index contributed by atoms with van der Waals surface area (Å²) in [4.78, 5) is 0. The third-order valence-corrected chi connectivity index (χ3v) is 2.49. The van der Waals surface area contributed by atoms with Gasteiger partial charge in [-0.25, -0.2) is 0 Å². The van der Waals surface area contributed by atoms with Crippen LogP contribution in [0.15, 0.2) is 42.7 Å². The minimum Gasteiger partial charge on any atom is -0.328 e. The van der Waals surface area contributed by atoms with Crippen LogP contribution in [0.2, 0.25) is 0 Å². The Hall–Kier alpha value is -1.61. The Morgan fingerprint density at radius 2 is 2.27 bits per heavy atom. The Labute approximate surface area is 89.5 Å². The second-order valence-corrected chi connectivity index (χ2v) is 3.65. The topological polar surface area (TPSA) is 43.8 Å². The van der Waals surface area contributed by atoms with E-state index in [-0.39, 0.29) is 6.04 Å². The predicted molar refractivity (Wildman–Crippen MR) is 60.6 cm³/mol. The molecular formula is C12H15N3. The van der Waals surface area contributed by atoms with Gasteiger partial charge in [-0.3, -0.25) is 4.68 Å². The van der Waals surface area contributed by atoms with E-state index in [1.807, 2.05) is 16.9 Å². The molecule has 0 aliphatic rings. The normalized spacial score (nSPS) is 12.7. The second-order valence-electron chi connectivity index (χ2n) is 3.65. The molecule has 0 aliphatic carbocycles. The van der Waals surface area contributed by atoms with E-state index in [0.29, 0.717) is 6.54 Å². The molecule has 78 valence electrons. The van der Waals surface area contributed by atoms with Gasteiger partial charge >= 0.3 is 0 Å². The van der Waals surface area contributed by atoms with Crippen molar-refractivity contribution in [2.24, 2.45) is 5.73 Å². The largest absolute Gasteiger partial charge is 0.328 e. The highest BCUT2D eigenvalue weighted by molar-refractivity contribution is 5.25. The molecule has 2 rings (SSSR count). The molecule has 3 heteroatoms. The Morgan fingerprint density at radius 1 is 1.40 bits per heavy atom. The van der Waals surface area contributed by atoms with Gasteiger partial charge in [0.1, 0.15) is 0 Å². The molecule has 0 saturated heterocycles. The van der Waals surface area contributed by atoms with Crippen molar-refractivity contribution >= 4 is 0 Å². The van der Waals surface area contributed by atoms with Crippen molar-refractivity contribution in [3.05, 3.63) is 53.9 Å². The van der Waals surface area contributed by atoms with E-state index in [4.69, 9.17) is 5.73 Å². The van der Waals surface area contributed by atoms with Crippen LogP contribution in [-0.2, 0) is 0 Å². The zero-order valence-electron chi connectivity index (χ0n) is 8.80. The van der Waals surface area contributed by atoms with Gasteiger partial charge in [-0.15, -0.1) is 0 Å². The highest BCUT2D eigenvalue weighted by atomic mass is 15.3. The Balaban J connectivity index is 2.35. The number of rotatable bonds is 3. The van der Waals surface area contributed by atoms with Crippen molar-refractivity contribution in [3.8, 4) is 0 Å². The van der Waals surface area contributed by atoms with Crippen molar-refractivity contribution in [1.29, 1.82) is 0 Å². The summed E-state index contributed by atoms with van der Waals surface area (Å²) in [5.74, 6) is 0. The van der Waals surface area contributed by atoms with Gasteiger partial charge in [0.15, 0.2) is 0 Å². The van der Waals surface area contributed by atoms with Gasteiger partial charge in [-0.2, -0.15) is 5.10 Å². The summed E-state index contributed by atoms with van der Waals surface area (Å²) < 4.78 is 1.90. The molecule has 0 fully saturated rings. The first-order valence-corrected chi connectivity index (χ1v) is 5.07. The van der Waals surface area contributed by atoms with E-state index in [1.54, 1.807) is 6.20 Å². The van der Waals surface area contributed by atoms with E-state index in [1.165, 1.54) is 11.1 Å². The monoisotopic (exact) mass is 201 g/mol. The maximum atomic E-state index is 5.79. The molecule has 3 nitrogen and oxygen atoms in total. The minimum absolute atomic E-state index is 0.139. The summed E-state index contributed by atoms with van der Waals surface area (Å²) in [6.45, 7) is 2.64. The lowest BCUT2D eigenvalue weighted by Crippen LogP contribution is -2.20. The highest BCUT2D eigenvalue weighted by Crippen LogP contribution is 2.17. The maximum absolute atomic E-state index is 5.79. The molecule has 1 aromatic carbocycles. The van der Waals surface area contributed by atoms with Crippen molar-refractivity contribution in [3.63, 3.8) is 0 Å². The number of nitrogens with two attached hydrogens (primary N) is 1. The average molecular weight is 201 g/mol. The molecule has 2 aromatic rings. The predicted octanol–water partition coefficient (Wildman–Crippen LogP) is 1.74. The third kappa shape index (κ3) is 2.07. The molecule has 1 unspecified atom stereocenters. The zero-order valence-corrected chi connectivity index (χ0v) is 8.80. The maximum Gasteiger partial charge on any atom is 0.0890 e. The lowest BCUT2D eigenvalue weighted by atomic mass is 10.0. The molecule has 0 spiro atoms. The van der Waals surface area contributed by atoms with E-state index in [0.717, 1.165) is 0 Å². The van der Waals surface area contributed by atoms with Crippen molar-refractivity contribution in [2.75, 3.05) is 6.54 Å². The Bertz CT molecular complexity index is 420. The summed E-state index contributed by atoms with van der Waals surface area (Å²) >= 11 is 0. The molecule has 1 aromatic heterocycles. The molecular weight excluding hydrogens is 186 g/mol. The SMILES string of the molecule is Cc1cccc(C(CN)n2cccn2)c1. The third-order valence-electron chi connectivity index (χ3n) is 2.49. The van der Waals surface area contributed by atoms with Gasteiger partial charge < -0.3 is 5.73 Å². The van der Waals surface area contributed by atoms with E-state index in [2.05, 4.69) is 36.3 Å². The van der Waals surface area contributed by atoms with Gasteiger partial charge in [-0.1, -0.05) is 29.8 Å². The average Bonchev–Trinajstić information content (AvgIpc) is 2.72. The molecule has 2 N–H and O–H groups in total. The number of nitrogens with zero attached hydrogens (tertiary/aromatic N) is 2. The summed E-state index contributed by atoms with van der Waals surface area (Å²) in [6, 6.07) is 10.4. The minimum atomic E-state index is 0.139. The van der Waals surface area contributed by atoms with Crippen LogP contribution in [0.3, 0.4) is 0 Å². The molecule has 0 radical (unpaired) electrons. The molecule has 15 heavy (non-hydrogen) atoms. The van der Waals surface area contributed by atoms with Crippen LogP contribution in [0.25, 0.3) is 0 Å². The van der Waals surface area contributed by atoms with Crippen LogP contribution in [0.1, 0.15) is 17.2 Å². The molecule has 0 bridgehead atoms. The van der Waals surface area contributed by atoms with Gasteiger partial charge in [0, 0.05) is 18.9 Å². The number of hydrogen-bond donors (Lipinski definition) is 1. The van der Waals surface area contributed by atoms with Gasteiger partial charge in [0.2, 0.25) is 0 Å². The molecule has 0 amide bonds. The lowest BCUT2D eigenvalue weighted by Gasteiger charge is -2.16. The first-order chi connectivity index (χ1) is 7.31. The fraction of sp³-hybridized carbons (Fsp3) is 0.250. The van der Waals surface area contributed by atoms with Crippen molar-refractivity contribution in [2.45, 2.75) is 13.0 Å². The van der Waals surface area contributed by atoms with Crippen LogP contribution >= 0.6 is 0 Å². The first kappa shape index (κ1) is 9.93. The van der Waals surface area contributed by atoms with E-state index < -0.39 is 0 Å². The summed E-state index contributed by atoms with van der Waals surface area (Å²) in [7, 11) is 0. The highest BCUT2D eigenvalue weighted by Gasteiger charge is 2.11. The molecule has 1 heterocycles. The van der Waals surface area contributed by atoms with Crippen LogP contribution in [-0.4, -0.2) is 16.3 Å². The fourth-order valence-corrected chi connectivity index (χ4v) is 1.74. The summed E-state index contributed by atoms with van der Waals surface area (Å²) in [5, 5.41) is 4.23. The van der Waals surface area contributed by atoms with Crippen LogP contribution in [0.4, 0.5) is 0 Å². The number of aryl methyl sites for hydroxylation is 1. The standard InChI is InChI=1S/C12H15N3/c1-10-4-2-5-11(8-10)12(9-13)15-7-3-6-14-15/h2-8,12H,9,13H2,1H3. The Morgan fingerprint density at radius 3 is 2.87 bits per heavy atom. The quantitative estimate of drug-likeness (QED) is 0.822. The van der Waals surface area contributed by atoms with E-state index >= 15 is 0 Å². The van der Waals surface area contributed by atoms with Crippen LogP contribution in [0.5, 0.6) is 0 Å². The van der Waals surface area contributed by atoms with Crippen molar-refractivity contribution < 1.29 is 0 Å². The number of aromatic nitrogens is 2. The second kappa shape index (κ2) is 4.28. The Kier molecular flexibility index (Phi) is 2.83. The van der Waals surface area contributed by atoms with Gasteiger partial charge in [0.25, 0.3) is 0 Å². The molecule has 1 atom stereocenters. The number of hydrogen-bond acceptors (Lipinski definition) is 2. The fourth-order valence-electron chi connectivity index (χ4n) is 1.74. The first-order valence-electron chi connectivity index (χ1n) is 5.07. The van der Waals surface area contributed by atoms with Gasteiger partial charge in [0.05, 0.1) is 6.04 Å².